The van der Waals surface area contributed by atoms with Gasteiger partial charge in [0, 0.05) is 22.9 Å². The van der Waals surface area contributed by atoms with Crippen LogP contribution in [0.25, 0.3) is 44.3 Å². The third-order valence-electron chi connectivity index (χ3n) is 5.49. The van der Waals surface area contributed by atoms with Gasteiger partial charge in [0.2, 0.25) is 5.69 Å². The maximum atomic E-state index is 9.23. The van der Waals surface area contributed by atoms with Crippen molar-refractivity contribution < 1.29 is 8.98 Å². The SMILES string of the molecule is Cc1ccc2c(oc3cc(C#N)ccc32)c1-c1cc(-c2ccccc2)cc[n+]1C. The van der Waals surface area contributed by atoms with E-state index in [4.69, 9.17) is 4.42 Å². The summed E-state index contributed by atoms with van der Waals surface area (Å²) in [5.74, 6) is 0. The van der Waals surface area contributed by atoms with Gasteiger partial charge in [-0.1, -0.05) is 42.5 Å². The van der Waals surface area contributed by atoms with E-state index in [1.807, 2.05) is 24.3 Å². The van der Waals surface area contributed by atoms with E-state index in [1.165, 1.54) is 5.56 Å². The fourth-order valence-electron chi connectivity index (χ4n) is 3.95. The first-order valence-electron chi connectivity index (χ1n) is 9.57. The van der Waals surface area contributed by atoms with Crippen LogP contribution in [0, 0.1) is 18.3 Å². The first-order valence-corrected chi connectivity index (χ1v) is 9.57. The van der Waals surface area contributed by atoms with Crippen LogP contribution < -0.4 is 4.57 Å². The Morgan fingerprint density at radius 1 is 0.862 bits per heavy atom. The van der Waals surface area contributed by atoms with Crippen LogP contribution in [0.15, 0.2) is 83.4 Å². The van der Waals surface area contributed by atoms with Gasteiger partial charge in [0.25, 0.3) is 0 Å². The van der Waals surface area contributed by atoms with Crippen molar-refractivity contribution in [1.82, 2.24) is 0 Å². The van der Waals surface area contributed by atoms with Gasteiger partial charge >= 0.3 is 0 Å². The largest absolute Gasteiger partial charge is 0.455 e. The highest BCUT2D eigenvalue weighted by Crippen LogP contribution is 2.37. The molecule has 0 fully saturated rings. The molecule has 0 aliphatic rings. The average molecular weight is 375 g/mol. The first kappa shape index (κ1) is 17.2. The highest BCUT2D eigenvalue weighted by molar-refractivity contribution is 6.10. The number of aromatic nitrogens is 1. The molecule has 0 saturated heterocycles. The fraction of sp³-hybridized carbons (Fsp3) is 0.0769. The summed E-state index contributed by atoms with van der Waals surface area (Å²) in [4.78, 5) is 0. The van der Waals surface area contributed by atoms with Crippen LogP contribution in [0.5, 0.6) is 0 Å². The highest BCUT2D eigenvalue weighted by atomic mass is 16.3. The Kier molecular flexibility index (Phi) is 3.93. The van der Waals surface area contributed by atoms with E-state index in [1.54, 1.807) is 0 Å². The molecule has 0 bridgehead atoms. The van der Waals surface area contributed by atoms with Crippen molar-refractivity contribution in [2.45, 2.75) is 6.92 Å². The zero-order valence-corrected chi connectivity index (χ0v) is 16.3. The van der Waals surface area contributed by atoms with Crippen LogP contribution >= 0.6 is 0 Å². The van der Waals surface area contributed by atoms with Gasteiger partial charge < -0.3 is 4.42 Å². The van der Waals surface area contributed by atoms with Gasteiger partial charge in [-0.25, -0.2) is 4.57 Å². The zero-order valence-electron chi connectivity index (χ0n) is 16.3. The number of hydrogen-bond acceptors (Lipinski definition) is 2. The van der Waals surface area contributed by atoms with E-state index >= 15 is 0 Å². The van der Waals surface area contributed by atoms with Gasteiger partial charge in [0.15, 0.2) is 6.20 Å². The lowest BCUT2D eigenvalue weighted by molar-refractivity contribution is -0.660. The molecular weight excluding hydrogens is 356 g/mol. The second-order valence-corrected chi connectivity index (χ2v) is 7.34. The first-order chi connectivity index (χ1) is 14.2. The highest BCUT2D eigenvalue weighted by Gasteiger charge is 2.21. The van der Waals surface area contributed by atoms with Crippen LogP contribution in [0.3, 0.4) is 0 Å². The fourth-order valence-corrected chi connectivity index (χ4v) is 3.95. The lowest BCUT2D eigenvalue weighted by Crippen LogP contribution is -2.30. The molecule has 0 aliphatic heterocycles. The minimum Gasteiger partial charge on any atom is -0.455 e. The van der Waals surface area contributed by atoms with E-state index < -0.39 is 0 Å². The van der Waals surface area contributed by atoms with Gasteiger partial charge in [0.05, 0.1) is 17.2 Å². The number of nitrogens with zero attached hydrogens (tertiary/aromatic N) is 2. The summed E-state index contributed by atoms with van der Waals surface area (Å²) >= 11 is 0. The molecule has 0 amide bonds. The molecule has 2 aromatic heterocycles. The number of fused-ring (bicyclic) bond motifs is 3. The Balaban J connectivity index is 1.81. The van der Waals surface area contributed by atoms with E-state index in [-0.39, 0.29) is 0 Å². The Bertz CT molecular complexity index is 1420. The van der Waals surface area contributed by atoms with Crippen molar-refractivity contribution in [3.8, 4) is 28.5 Å². The third-order valence-corrected chi connectivity index (χ3v) is 5.49. The standard InChI is InChI=1S/C26H19N2O/c1-17-8-10-22-21-11-9-18(16-27)14-24(21)29-26(22)25(17)23-15-20(12-13-28(23)2)19-6-4-3-5-7-19/h3-15H,1-2H3/q+1. The monoisotopic (exact) mass is 375 g/mol. The van der Waals surface area contributed by atoms with Crippen molar-refractivity contribution >= 4 is 21.9 Å². The molecule has 3 aromatic carbocycles. The molecule has 0 radical (unpaired) electrons. The second kappa shape index (κ2) is 6.61. The van der Waals surface area contributed by atoms with Crippen LogP contribution in [0.1, 0.15) is 11.1 Å². The van der Waals surface area contributed by atoms with Crippen LogP contribution in [0.2, 0.25) is 0 Å². The van der Waals surface area contributed by atoms with E-state index in [2.05, 4.69) is 79.3 Å². The van der Waals surface area contributed by atoms with Crippen molar-refractivity contribution in [2.24, 2.45) is 7.05 Å². The molecule has 5 aromatic rings. The number of benzene rings is 3. The minimum atomic E-state index is 0.603. The summed E-state index contributed by atoms with van der Waals surface area (Å²) in [5, 5.41) is 11.3. The molecule has 2 heterocycles. The Labute approximate surface area is 169 Å². The topological polar surface area (TPSA) is 40.8 Å². The molecule has 0 unspecified atom stereocenters. The van der Waals surface area contributed by atoms with Gasteiger partial charge in [-0.3, -0.25) is 0 Å². The molecule has 0 aliphatic carbocycles. The summed E-state index contributed by atoms with van der Waals surface area (Å²) in [7, 11) is 2.05. The van der Waals surface area contributed by atoms with E-state index in [0.29, 0.717) is 5.56 Å². The number of nitriles is 1. The molecule has 3 nitrogen and oxygen atoms in total. The number of rotatable bonds is 2. The molecule has 5 rings (SSSR count). The number of hydrogen-bond donors (Lipinski definition) is 0. The normalized spacial score (nSPS) is 11.1. The molecule has 0 saturated carbocycles. The van der Waals surface area contributed by atoms with Gasteiger partial charge in [-0.05, 0) is 41.8 Å². The van der Waals surface area contributed by atoms with Crippen LogP contribution in [0.4, 0.5) is 0 Å². The summed E-state index contributed by atoms with van der Waals surface area (Å²) in [6, 6.07) is 26.8. The molecule has 29 heavy (non-hydrogen) atoms. The Morgan fingerprint density at radius 3 is 2.45 bits per heavy atom. The predicted octanol–water partition coefficient (Wildman–Crippen LogP) is 5.92. The number of pyridine rings is 1. The van der Waals surface area contributed by atoms with E-state index in [0.717, 1.165) is 44.3 Å². The number of aryl methyl sites for hydroxylation is 2. The molecule has 0 atom stereocenters. The average Bonchev–Trinajstić information content (AvgIpc) is 3.12. The minimum absolute atomic E-state index is 0.603. The summed E-state index contributed by atoms with van der Waals surface area (Å²) in [6.45, 7) is 2.11. The molecule has 0 spiro atoms. The van der Waals surface area contributed by atoms with Crippen molar-refractivity contribution in [3.05, 3.63) is 90.1 Å². The maximum Gasteiger partial charge on any atom is 0.216 e. The summed E-state index contributed by atoms with van der Waals surface area (Å²) < 4.78 is 8.42. The third kappa shape index (κ3) is 2.78. The van der Waals surface area contributed by atoms with Crippen LogP contribution in [-0.2, 0) is 7.05 Å². The van der Waals surface area contributed by atoms with Crippen molar-refractivity contribution in [2.75, 3.05) is 0 Å². The Hall–Kier alpha value is -3.90. The van der Waals surface area contributed by atoms with Crippen LogP contribution in [-0.4, -0.2) is 0 Å². The smallest absolute Gasteiger partial charge is 0.216 e. The quantitative estimate of drug-likeness (QED) is 0.359. The second-order valence-electron chi connectivity index (χ2n) is 7.34. The van der Waals surface area contributed by atoms with Crippen molar-refractivity contribution in [3.63, 3.8) is 0 Å². The maximum absolute atomic E-state index is 9.23. The van der Waals surface area contributed by atoms with Gasteiger partial charge in [-0.15, -0.1) is 0 Å². The molecule has 138 valence electrons. The van der Waals surface area contributed by atoms with Gasteiger partial charge in [0.1, 0.15) is 18.2 Å². The summed E-state index contributed by atoms with van der Waals surface area (Å²) in [5.41, 5.74) is 7.87. The lowest BCUT2D eigenvalue weighted by atomic mass is 9.98. The van der Waals surface area contributed by atoms with E-state index in [9.17, 15) is 5.26 Å². The van der Waals surface area contributed by atoms with Gasteiger partial charge in [-0.2, -0.15) is 5.26 Å². The summed E-state index contributed by atoms with van der Waals surface area (Å²) in [6.07, 6.45) is 2.09. The molecule has 3 heteroatoms. The number of furan rings is 1. The van der Waals surface area contributed by atoms with Crippen molar-refractivity contribution in [1.29, 1.82) is 5.26 Å². The lowest BCUT2D eigenvalue weighted by Gasteiger charge is -2.08. The zero-order chi connectivity index (χ0) is 20.0. The predicted molar refractivity (Wildman–Crippen MR) is 115 cm³/mol. The molecular formula is C26H19N2O+. The Morgan fingerprint density at radius 2 is 1.66 bits per heavy atom. The molecule has 0 N–H and O–H groups in total.